The zero-order valence-corrected chi connectivity index (χ0v) is 9.52. The van der Waals surface area contributed by atoms with Crippen molar-refractivity contribution in [1.82, 2.24) is 0 Å². The highest BCUT2D eigenvalue weighted by atomic mass is 16.6. The van der Waals surface area contributed by atoms with Gasteiger partial charge in [-0.15, -0.1) is 0 Å². The molecule has 0 saturated carbocycles. The number of carbonyl (C=O) groups is 1. The van der Waals surface area contributed by atoms with Gasteiger partial charge in [0.2, 0.25) is 0 Å². The Morgan fingerprint density at radius 1 is 1.59 bits per heavy atom. The molecule has 7 heteroatoms. The number of nitrogen functional groups attached to an aromatic ring is 1. The van der Waals surface area contributed by atoms with Gasteiger partial charge in [-0.1, -0.05) is 0 Å². The lowest BCUT2D eigenvalue weighted by atomic mass is 10.1. The van der Waals surface area contributed by atoms with Crippen molar-refractivity contribution in [3.05, 3.63) is 27.8 Å². The van der Waals surface area contributed by atoms with Crippen molar-refractivity contribution in [3.63, 3.8) is 0 Å². The molecule has 1 aromatic rings. The van der Waals surface area contributed by atoms with Gasteiger partial charge in [0, 0.05) is 11.8 Å². The molecule has 1 aromatic carbocycles. The van der Waals surface area contributed by atoms with Crippen LogP contribution in [0.15, 0.2) is 12.1 Å². The summed E-state index contributed by atoms with van der Waals surface area (Å²) in [5, 5.41) is 13.2. The van der Waals surface area contributed by atoms with Crippen LogP contribution in [0.3, 0.4) is 0 Å². The minimum Gasteiger partial charge on any atom is -0.450 e. The van der Waals surface area contributed by atoms with E-state index in [9.17, 15) is 14.9 Å². The fraction of sp³-hybridized carbons (Fsp3) is 0.300. The standard InChI is InChI=1S/C10H13N3O4/c1-3-17-10(14)12-9-6(2)4-7(11)5-8(9)13(15)16/h4-5H,3,11H2,1-2H3,(H,12,14). The van der Waals surface area contributed by atoms with Crippen molar-refractivity contribution in [2.45, 2.75) is 13.8 Å². The summed E-state index contributed by atoms with van der Waals surface area (Å²) in [6, 6.07) is 2.73. The summed E-state index contributed by atoms with van der Waals surface area (Å²) in [4.78, 5) is 21.5. The number of aryl methyl sites for hydroxylation is 1. The van der Waals surface area contributed by atoms with E-state index in [2.05, 4.69) is 10.1 Å². The molecule has 17 heavy (non-hydrogen) atoms. The lowest BCUT2D eigenvalue weighted by molar-refractivity contribution is -0.383. The number of hydrogen-bond acceptors (Lipinski definition) is 5. The minimum atomic E-state index is -0.733. The molecule has 0 aliphatic carbocycles. The van der Waals surface area contributed by atoms with Gasteiger partial charge in [0.25, 0.3) is 5.69 Å². The molecular weight excluding hydrogens is 226 g/mol. The lowest BCUT2D eigenvalue weighted by Crippen LogP contribution is -2.15. The molecule has 0 aliphatic heterocycles. The number of nitro benzene ring substituents is 1. The van der Waals surface area contributed by atoms with Gasteiger partial charge >= 0.3 is 6.09 Å². The van der Waals surface area contributed by atoms with Crippen molar-refractivity contribution in [2.75, 3.05) is 17.7 Å². The number of amides is 1. The highest BCUT2D eigenvalue weighted by Gasteiger charge is 2.19. The van der Waals surface area contributed by atoms with Crippen LogP contribution in [0.5, 0.6) is 0 Å². The number of hydrogen-bond donors (Lipinski definition) is 2. The molecule has 0 aliphatic rings. The Bertz CT molecular complexity index is 459. The maximum atomic E-state index is 11.2. The third-order valence-corrected chi connectivity index (χ3v) is 2.04. The van der Waals surface area contributed by atoms with Crippen molar-refractivity contribution >= 4 is 23.2 Å². The molecule has 1 amide bonds. The van der Waals surface area contributed by atoms with E-state index in [1.165, 1.54) is 12.1 Å². The first-order chi connectivity index (χ1) is 7.95. The molecule has 0 bridgehead atoms. The summed E-state index contributed by atoms with van der Waals surface area (Å²) in [5.74, 6) is 0. The first kappa shape index (κ1) is 12.8. The zero-order valence-electron chi connectivity index (χ0n) is 9.52. The number of rotatable bonds is 3. The van der Waals surface area contributed by atoms with E-state index in [1.807, 2.05) is 0 Å². The average molecular weight is 239 g/mol. The first-order valence-corrected chi connectivity index (χ1v) is 4.94. The Morgan fingerprint density at radius 3 is 2.76 bits per heavy atom. The molecule has 0 atom stereocenters. The van der Waals surface area contributed by atoms with Gasteiger partial charge < -0.3 is 10.5 Å². The largest absolute Gasteiger partial charge is 0.450 e. The van der Waals surface area contributed by atoms with Crippen LogP contribution in [0.1, 0.15) is 12.5 Å². The van der Waals surface area contributed by atoms with Gasteiger partial charge in [-0.2, -0.15) is 0 Å². The van der Waals surface area contributed by atoms with E-state index in [1.54, 1.807) is 13.8 Å². The topological polar surface area (TPSA) is 107 Å². The zero-order chi connectivity index (χ0) is 13.0. The second kappa shape index (κ2) is 5.15. The fourth-order valence-corrected chi connectivity index (χ4v) is 1.37. The average Bonchev–Trinajstić information content (AvgIpc) is 2.21. The maximum absolute atomic E-state index is 11.2. The molecule has 3 N–H and O–H groups in total. The molecule has 0 radical (unpaired) electrons. The summed E-state index contributed by atoms with van der Waals surface area (Å²) < 4.78 is 4.66. The summed E-state index contributed by atoms with van der Waals surface area (Å²) >= 11 is 0. The van der Waals surface area contributed by atoms with Gasteiger partial charge in [-0.05, 0) is 25.5 Å². The van der Waals surface area contributed by atoms with Gasteiger partial charge in [-0.3, -0.25) is 15.4 Å². The minimum absolute atomic E-state index is 0.0997. The Morgan fingerprint density at radius 2 is 2.24 bits per heavy atom. The van der Waals surface area contributed by atoms with Gasteiger partial charge in [0.1, 0.15) is 5.69 Å². The van der Waals surface area contributed by atoms with E-state index in [0.29, 0.717) is 5.56 Å². The van der Waals surface area contributed by atoms with Crippen LogP contribution in [-0.4, -0.2) is 17.6 Å². The number of nitrogens with zero attached hydrogens (tertiary/aromatic N) is 1. The van der Waals surface area contributed by atoms with E-state index < -0.39 is 11.0 Å². The fourth-order valence-electron chi connectivity index (χ4n) is 1.37. The predicted molar refractivity (Wildman–Crippen MR) is 62.9 cm³/mol. The summed E-state index contributed by atoms with van der Waals surface area (Å²) in [6.07, 6.45) is -0.733. The van der Waals surface area contributed by atoms with Crippen LogP contribution in [0.2, 0.25) is 0 Å². The molecule has 1 rings (SSSR count). The van der Waals surface area contributed by atoms with E-state index in [0.717, 1.165) is 0 Å². The predicted octanol–water partition coefficient (Wildman–Crippen LogP) is 2.05. The molecule has 0 saturated heterocycles. The number of nitrogens with one attached hydrogen (secondary N) is 1. The number of nitrogens with two attached hydrogens (primary N) is 1. The van der Waals surface area contributed by atoms with Crippen molar-refractivity contribution in [2.24, 2.45) is 0 Å². The Hall–Kier alpha value is -2.31. The summed E-state index contributed by atoms with van der Waals surface area (Å²) in [6.45, 7) is 3.45. The molecule has 92 valence electrons. The quantitative estimate of drug-likeness (QED) is 0.476. The van der Waals surface area contributed by atoms with E-state index in [-0.39, 0.29) is 23.7 Å². The summed E-state index contributed by atoms with van der Waals surface area (Å²) in [7, 11) is 0. The molecule has 0 aromatic heterocycles. The highest BCUT2D eigenvalue weighted by Crippen LogP contribution is 2.30. The molecule has 0 spiro atoms. The number of ether oxygens (including phenoxy) is 1. The number of carbonyl (C=O) groups excluding carboxylic acids is 1. The summed E-state index contributed by atoms with van der Waals surface area (Å²) in [5.41, 5.74) is 6.12. The van der Waals surface area contributed by atoms with Crippen LogP contribution in [0.4, 0.5) is 21.9 Å². The highest BCUT2D eigenvalue weighted by molar-refractivity contribution is 5.90. The van der Waals surface area contributed by atoms with Crippen molar-refractivity contribution in [1.29, 1.82) is 0 Å². The molecular formula is C10H13N3O4. The van der Waals surface area contributed by atoms with Crippen LogP contribution in [0.25, 0.3) is 0 Å². The van der Waals surface area contributed by atoms with Gasteiger partial charge in [0.15, 0.2) is 0 Å². The van der Waals surface area contributed by atoms with E-state index in [4.69, 9.17) is 5.73 Å². The van der Waals surface area contributed by atoms with Crippen molar-refractivity contribution < 1.29 is 14.5 Å². The monoisotopic (exact) mass is 239 g/mol. The number of anilines is 2. The van der Waals surface area contributed by atoms with Crippen LogP contribution >= 0.6 is 0 Å². The van der Waals surface area contributed by atoms with Crippen LogP contribution in [0, 0.1) is 17.0 Å². The van der Waals surface area contributed by atoms with Crippen LogP contribution in [-0.2, 0) is 4.74 Å². The molecule has 7 nitrogen and oxygen atoms in total. The maximum Gasteiger partial charge on any atom is 0.411 e. The molecule has 0 unspecified atom stereocenters. The number of benzene rings is 1. The SMILES string of the molecule is CCOC(=O)Nc1c(C)cc(N)cc1[N+](=O)[O-]. The molecule has 0 heterocycles. The van der Waals surface area contributed by atoms with Gasteiger partial charge in [0.05, 0.1) is 11.5 Å². The van der Waals surface area contributed by atoms with E-state index >= 15 is 0 Å². The molecule has 0 fully saturated rings. The second-order valence-corrected chi connectivity index (χ2v) is 3.33. The third-order valence-electron chi connectivity index (χ3n) is 2.04. The smallest absolute Gasteiger partial charge is 0.411 e. The second-order valence-electron chi connectivity index (χ2n) is 3.33. The lowest BCUT2D eigenvalue weighted by Gasteiger charge is -2.09. The van der Waals surface area contributed by atoms with Crippen LogP contribution < -0.4 is 11.1 Å². The third kappa shape index (κ3) is 3.07. The Kier molecular flexibility index (Phi) is 3.86. The normalized spacial score (nSPS) is 9.76. The van der Waals surface area contributed by atoms with Crippen molar-refractivity contribution in [3.8, 4) is 0 Å². The van der Waals surface area contributed by atoms with Gasteiger partial charge in [-0.25, -0.2) is 4.79 Å². The number of nitro groups is 1. The Labute approximate surface area is 97.7 Å². The first-order valence-electron chi connectivity index (χ1n) is 4.94. The Balaban J connectivity index is 3.12.